The van der Waals surface area contributed by atoms with E-state index in [1.165, 1.54) is 31.4 Å². The molecule has 0 radical (unpaired) electrons. The number of carbonyl (C=O) groups excluding carboxylic acids is 1. The van der Waals surface area contributed by atoms with Crippen LogP contribution in [0.1, 0.15) is 35.0 Å². The monoisotopic (exact) mass is 453 g/mol. The zero-order valence-electron chi connectivity index (χ0n) is 18.3. The van der Waals surface area contributed by atoms with Crippen LogP contribution in [0.5, 0.6) is 5.75 Å². The van der Waals surface area contributed by atoms with Crippen LogP contribution in [-0.2, 0) is 16.4 Å². The third-order valence-electron chi connectivity index (χ3n) is 5.06. The Morgan fingerprint density at radius 1 is 1.09 bits per heavy atom. The highest BCUT2D eigenvalue weighted by Crippen LogP contribution is 2.25. The third kappa shape index (κ3) is 5.85. The molecule has 2 N–H and O–H groups in total. The molecule has 1 amide bonds. The van der Waals surface area contributed by atoms with Gasteiger partial charge in [0.25, 0.3) is 15.9 Å². The minimum absolute atomic E-state index is 0.117. The Hall–Kier alpha value is -3.39. The number of hydrogen-bond donors (Lipinski definition) is 2. The molecule has 1 heterocycles. The summed E-state index contributed by atoms with van der Waals surface area (Å²) in [5, 5.41) is 2.99. The van der Waals surface area contributed by atoms with Crippen LogP contribution in [0.2, 0.25) is 0 Å². The summed E-state index contributed by atoms with van der Waals surface area (Å²) in [4.78, 5) is 17.6. The van der Waals surface area contributed by atoms with E-state index >= 15 is 0 Å². The molecule has 0 spiro atoms. The maximum atomic E-state index is 13.1. The van der Waals surface area contributed by atoms with Gasteiger partial charge in [-0.1, -0.05) is 30.7 Å². The van der Waals surface area contributed by atoms with Crippen molar-refractivity contribution in [3.63, 3.8) is 0 Å². The summed E-state index contributed by atoms with van der Waals surface area (Å²) >= 11 is 0. The number of ether oxygens (including phenoxy) is 1. The van der Waals surface area contributed by atoms with Crippen molar-refractivity contribution in [3.8, 4) is 5.75 Å². The van der Waals surface area contributed by atoms with E-state index in [2.05, 4.69) is 15.0 Å². The number of amides is 1. The first-order valence-electron chi connectivity index (χ1n) is 10.3. The second-order valence-electron chi connectivity index (χ2n) is 7.43. The molecule has 0 aliphatic heterocycles. The van der Waals surface area contributed by atoms with Gasteiger partial charge in [0, 0.05) is 24.4 Å². The Balaban J connectivity index is 1.86. The highest BCUT2D eigenvalue weighted by Gasteiger charge is 2.21. The van der Waals surface area contributed by atoms with Crippen LogP contribution in [0.4, 0.5) is 5.69 Å². The molecule has 1 aromatic heterocycles. The molecule has 3 aromatic rings. The lowest BCUT2D eigenvalue weighted by Crippen LogP contribution is -2.36. The summed E-state index contributed by atoms with van der Waals surface area (Å²) in [6, 6.07) is 16.6. The molecule has 0 fully saturated rings. The Morgan fingerprint density at radius 3 is 2.47 bits per heavy atom. The second kappa shape index (κ2) is 10.3. The maximum absolute atomic E-state index is 13.1. The molecule has 8 heteroatoms. The maximum Gasteiger partial charge on any atom is 0.261 e. The molecular weight excluding hydrogens is 426 g/mol. The number of methoxy groups -OCH3 is 1. The van der Waals surface area contributed by atoms with Crippen molar-refractivity contribution < 1.29 is 17.9 Å². The van der Waals surface area contributed by atoms with Crippen LogP contribution in [0.3, 0.4) is 0 Å². The summed E-state index contributed by atoms with van der Waals surface area (Å²) in [5.41, 5.74) is 2.17. The fourth-order valence-electron chi connectivity index (χ4n) is 3.18. The summed E-state index contributed by atoms with van der Waals surface area (Å²) in [5.74, 6) is 0.0551. The normalized spacial score (nSPS) is 12.1. The average Bonchev–Trinajstić information content (AvgIpc) is 2.79. The van der Waals surface area contributed by atoms with E-state index in [1.54, 1.807) is 24.4 Å². The lowest BCUT2D eigenvalue weighted by molar-refractivity contribution is 0.0936. The predicted molar refractivity (Wildman–Crippen MR) is 124 cm³/mol. The van der Waals surface area contributed by atoms with E-state index < -0.39 is 15.9 Å². The van der Waals surface area contributed by atoms with E-state index in [0.717, 1.165) is 11.3 Å². The zero-order chi connectivity index (χ0) is 23.1. The van der Waals surface area contributed by atoms with Gasteiger partial charge in [0.1, 0.15) is 5.75 Å². The molecule has 0 aliphatic rings. The fourth-order valence-corrected chi connectivity index (χ4v) is 4.26. The Morgan fingerprint density at radius 2 is 1.84 bits per heavy atom. The minimum atomic E-state index is -3.87. The molecule has 0 aliphatic carbocycles. The van der Waals surface area contributed by atoms with Crippen molar-refractivity contribution in [1.29, 1.82) is 0 Å². The van der Waals surface area contributed by atoms with Crippen LogP contribution in [0, 0.1) is 6.92 Å². The lowest BCUT2D eigenvalue weighted by atomic mass is 10.1. The molecule has 0 saturated heterocycles. The molecule has 0 bridgehead atoms. The summed E-state index contributed by atoms with van der Waals surface area (Å²) in [6.07, 6.45) is 2.97. The SMILES string of the molecule is CCC(Cc1ccccn1)NC(=O)c1cc(OC)ccc1NS(=O)(=O)c1ccc(C)cc1. The number of pyridine rings is 1. The van der Waals surface area contributed by atoms with Crippen molar-refractivity contribution in [2.45, 2.75) is 37.6 Å². The van der Waals surface area contributed by atoms with E-state index in [9.17, 15) is 13.2 Å². The second-order valence-corrected chi connectivity index (χ2v) is 9.12. The topological polar surface area (TPSA) is 97.4 Å². The molecule has 32 heavy (non-hydrogen) atoms. The quantitative estimate of drug-likeness (QED) is 0.511. The Kier molecular flexibility index (Phi) is 7.48. The number of nitrogens with zero attached hydrogens (tertiary/aromatic N) is 1. The zero-order valence-corrected chi connectivity index (χ0v) is 19.1. The van der Waals surface area contributed by atoms with Crippen LogP contribution in [0.15, 0.2) is 71.8 Å². The standard InChI is InChI=1S/C24H27N3O4S/c1-4-18(15-19-7-5-6-14-25-19)26-24(28)22-16-20(31-3)10-13-23(22)27-32(29,30)21-11-8-17(2)9-12-21/h5-14,16,18,27H,4,15H2,1-3H3,(H,26,28). The van der Waals surface area contributed by atoms with Gasteiger partial charge in [-0.2, -0.15) is 0 Å². The van der Waals surface area contributed by atoms with E-state index in [4.69, 9.17) is 4.74 Å². The van der Waals surface area contributed by atoms with Crippen molar-refractivity contribution in [1.82, 2.24) is 10.3 Å². The summed E-state index contributed by atoms with van der Waals surface area (Å²) in [7, 11) is -2.38. The number of anilines is 1. The molecule has 7 nitrogen and oxygen atoms in total. The third-order valence-corrected chi connectivity index (χ3v) is 6.44. The first-order chi connectivity index (χ1) is 15.3. The van der Waals surface area contributed by atoms with Gasteiger partial charge >= 0.3 is 0 Å². The number of aromatic nitrogens is 1. The average molecular weight is 454 g/mol. The van der Waals surface area contributed by atoms with Gasteiger partial charge in [-0.05, 0) is 55.8 Å². The highest BCUT2D eigenvalue weighted by molar-refractivity contribution is 7.92. The van der Waals surface area contributed by atoms with E-state index in [0.29, 0.717) is 18.6 Å². The van der Waals surface area contributed by atoms with Crippen molar-refractivity contribution >= 4 is 21.6 Å². The van der Waals surface area contributed by atoms with Gasteiger partial charge in [-0.15, -0.1) is 0 Å². The van der Waals surface area contributed by atoms with Crippen LogP contribution >= 0.6 is 0 Å². The molecule has 3 rings (SSSR count). The van der Waals surface area contributed by atoms with Gasteiger partial charge in [0.2, 0.25) is 0 Å². The summed E-state index contributed by atoms with van der Waals surface area (Å²) in [6.45, 7) is 3.85. The molecular formula is C24H27N3O4S. The Bertz CT molecular complexity index is 1160. The molecule has 1 unspecified atom stereocenters. The van der Waals surface area contributed by atoms with Crippen molar-refractivity contribution in [2.75, 3.05) is 11.8 Å². The number of aryl methyl sites for hydroxylation is 1. The minimum Gasteiger partial charge on any atom is -0.497 e. The van der Waals surface area contributed by atoms with Gasteiger partial charge in [0.05, 0.1) is 23.3 Å². The van der Waals surface area contributed by atoms with Crippen LogP contribution in [0.25, 0.3) is 0 Å². The predicted octanol–water partition coefficient (Wildman–Crippen LogP) is 3.95. The van der Waals surface area contributed by atoms with Gasteiger partial charge < -0.3 is 10.1 Å². The van der Waals surface area contributed by atoms with E-state index in [1.807, 2.05) is 32.0 Å². The van der Waals surface area contributed by atoms with Gasteiger partial charge in [0.15, 0.2) is 0 Å². The number of nitrogens with one attached hydrogen (secondary N) is 2. The molecule has 2 aromatic carbocycles. The number of carbonyl (C=O) groups is 1. The van der Waals surface area contributed by atoms with Crippen LogP contribution < -0.4 is 14.8 Å². The fraction of sp³-hybridized carbons (Fsp3) is 0.250. The Labute approximate surface area is 188 Å². The molecule has 0 saturated carbocycles. The number of hydrogen-bond acceptors (Lipinski definition) is 5. The van der Waals surface area contributed by atoms with Crippen molar-refractivity contribution in [2.24, 2.45) is 0 Å². The number of benzene rings is 2. The number of sulfonamides is 1. The smallest absolute Gasteiger partial charge is 0.261 e. The molecule has 168 valence electrons. The van der Waals surface area contributed by atoms with E-state index in [-0.39, 0.29) is 22.2 Å². The lowest BCUT2D eigenvalue weighted by Gasteiger charge is -2.19. The number of rotatable bonds is 9. The molecule has 1 atom stereocenters. The summed E-state index contributed by atoms with van der Waals surface area (Å²) < 4.78 is 33.5. The highest BCUT2D eigenvalue weighted by atomic mass is 32.2. The van der Waals surface area contributed by atoms with Crippen LogP contribution in [-0.4, -0.2) is 32.5 Å². The van der Waals surface area contributed by atoms with Gasteiger partial charge in [-0.3, -0.25) is 14.5 Å². The first-order valence-corrected chi connectivity index (χ1v) is 11.8. The van der Waals surface area contributed by atoms with Crippen molar-refractivity contribution in [3.05, 3.63) is 83.7 Å². The van der Waals surface area contributed by atoms with Gasteiger partial charge in [-0.25, -0.2) is 8.42 Å². The largest absolute Gasteiger partial charge is 0.497 e. The first kappa shape index (κ1) is 23.3.